The van der Waals surface area contributed by atoms with Crippen molar-refractivity contribution in [3.05, 3.63) is 0 Å². The second-order valence-corrected chi connectivity index (χ2v) is 7.44. The first-order valence-electron chi connectivity index (χ1n) is 8.46. The summed E-state index contributed by atoms with van der Waals surface area (Å²) in [6.45, 7) is 7.15. The van der Waals surface area contributed by atoms with E-state index < -0.39 is 0 Å². The Balaban J connectivity index is 0.00000484. The highest BCUT2D eigenvalue weighted by Gasteiger charge is 2.33. The van der Waals surface area contributed by atoms with E-state index in [-0.39, 0.29) is 29.5 Å². The zero-order chi connectivity index (χ0) is 16.6. The largest absolute Gasteiger partial charge is 0.385 e. The fraction of sp³-hybridized carbons (Fsp3) is 0.941. The normalized spacial score (nSPS) is 18.0. The molecule has 0 atom stereocenters. The number of nitrogens with one attached hydrogen (secondary N) is 2. The van der Waals surface area contributed by atoms with Crippen molar-refractivity contribution in [1.29, 1.82) is 0 Å². The van der Waals surface area contributed by atoms with E-state index in [4.69, 9.17) is 4.74 Å². The van der Waals surface area contributed by atoms with E-state index in [1.165, 1.54) is 25.7 Å². The van der Waals surface area contributed by atoms with Gasteiger partial charge in [0.1, 0.15) is 0 Å². The fourth-order valence-electron chi connectivity index (χ4n) is 2.91. The standard InChI is InChI=1S/C17H36N4O.HI/c1-16(2,21(4)5)13-19-15(18-3)20-14-17(11-12-22-6)9-7-8-10-17;/h7-14H2,1-6H3,(H2,18,19,20);1H. The SMILES string of the molecule is CN=C(NCC1(CCOC)CCCC1)NCC(C)(C)N(C)C.I. The molecular formula is C17H37IN4O. The van der Waals surface area contributed by atoms with Gasteiger partial charge in [0.25, 0.3) is 0 Å². The van der Waals surface area contributed by atoms with Crippen LogP contribution in [0.4, 0.5) is 0 Å². The molecule has 0 radical (unpaired) electrons. The minimum atomic E-state index is 0. The molecule has 1 aliphatic carbocycles. The minimum absolute atomic E-state index is 0. The summed E-state index contributed by atoms with van der Waals surface area (Å²) in [5, 5.41) is 6.99. The molecule has 0 aromatic heterocycles. The number of hydrogen-bond acceptors (Lipinski definition) is 3. The number of rotatable bonds is 8. The van der Waals surface area contributed by atoms with Crippen LogP contribution in [0.25, 0.3) is 0 Å². The predicted molar refractivity (Wildman–Crippen MR) is 110 cm³/mol. The molecule has 0 aromatic carbocycles. The van der Waals surface area contributed by atoms with Crippen LogP contribution in [0.15, 0.2) is 4.99 Å². The van der Waals surface area contributed by atoms with Gasteiger partial charge in [-0.2, -0.15) is 0 Å². The van der Waals surface area contributed by atoms with Gasteiger partial charge < -0.3 is 20.3 Å². The average Bonchev–Trinajstić information content (AvgIpc) is 2.94. The van der Waals surface area contributed by atoms with Crippen molar-refractivity contribution >= 4 is 29.9 Å². The van der Waals surface area contributed by atoms with Gasteiger partial charge in [0, 0.05) is 39.4 Å². The second kappa shape index (κ2) is 10.7. The minimum Gasteiger partial charge on any atom is -0.385 e. The maximum Gasteiger partial charge on any atom is 0.191 e. The van der Waals surface area contributed by atoms with Gasteiger partial charge in [0.2, 0.25) is 0 Å². The molecule has 0 spiro atoms. The highest BCUT2D eigenvalue weighted by atomic mass is 127. The summed E-state index contributed by atoms with van der Waals surface area (Å²) >= 11 is 0. The van der Waals surface area contributed by atoms with E-state index >= 15 is 0 Å². The third kappa shape index (κ3) is 7.56. The van der Waals surface area contributed by atoms with Gasteiger partial charge in [0.05, 0.1) is 0 Å². The Morgan fingerprint density at radius 3 is 2.30 bits per heavy atom. The average molecular weight is 440 g/mol. The van der Waals surface area contributed by atoms with Crippen LogP contribution >= 0.6 is 24.0 Å². The Morgan fingerprint density at radius 1 is 1.22 bits per heavy atom. The molecule has 0 heterocycles. The maximum atomic E-state index is 5.30. The molecule has 1 fully saturated rings. The third-order valence-electron chi connectivity index (χ3n) is 5.25. The number of hydrogen-bond donors (Lipinski definition) is 2. The summed E-state index contributed by atoms with van der Waals surface area (Å²) in [4.78, 5) is 6.59. The van der Waals surface area contributed by atoms with Crippen molar-refractivity contribution in [3.63, 3.8) is 0 Å². The predicted octanol–water partition coefficient (Wildman–Crippen LogP) is 2.71. The fourth-order valence-corrected chi connectivity index (χ4v) is 2.91. The summed E-state index contributed by atoms with van der Waals surface area (Å²) < 4.78 is 5.30. The van der Waals surface area contributed by atoms with Gasteiger partial charge in [0.15, 0.2) is 5.96 Å². The molecule has 1 aliphatic rings. The zero-order valence-corrected chi connectivity index (χ0v) is 18.2. The van der Waals surface area contributed by atoms with Crippen LogP contribution in [-0.2, 0) is 4.74 Å². The first kappa shape index (κ1) is 22.9. The number of ether oxygens (including phenoxy) is 1. The van der Waals surface area contributed by atoms with Gasteiger partial charge in [-0.05, 0) is 52.6 Å². The molecule has 1 rings (SSSR count). The monoisotopic (exact) mass is 440 g/mol. The van der Waals surface area contributed by atoms with Gasteiger partial charge in [-0.15, -0.1) is 24.0 Å². The van der Waals surface area contributed by atoms with E-state index in [2.05, 4.69) is 48.5 Å². The maximum absolute atomic E-state index is 5.30. The van der Waals surface area contributed by atoms with Crippen LogP contribution in [0.1, 0.15) is 46.0 Å². The van der Waals surface area contributed by atoms with Crippen molar-refractivity contribution in [1.82, 2.24) is 15.5 Å². The number of guanidine groups is 1. The van der Waals surface area contributed by atoms with Crippen molar-refractivity contribution in [3.8, 4) is 0 Å². The Labute approximate surface area is 160 Å². The van der Waals surface area contributed by atoms with E-state index in [1.807, 2.05) is 7.05 Å². The van der Waals surface area contributed by atoms with E-state index in [1.54, 1.807) is 7.11 Å². The second-order valence-electron chi connectivity index (χ2n) is 7.44. The van der Waals surface area contributed by atoms with Gasteiger partial charge >= 0.3 is 0 Å². The molecule has 0 saturated heterocycles. The molecule has 0 bridgehead atoms. The first-order chi connectivity index (χ1) is 10.4. The molecule has 6 heteroatoms. The summed E-state index contributed by atoms with van der Waals surface area (Å²) in [5.74, 6) is 0.901. The lowest BCUT2D eigenvalue weighted by atomic mass is 9.83. The van der Waals surface area contributed by atoms with Gasteiger partial charge in [-0.25, -0.2) is 0 Å². The number of likely N-dealkylation sites (N-methyl/N-ethyl adjacent to an activating group) is 1. The van der Waals surface area contributed by atoms with E-state index in [9.17, 15) is 0 Å². The number of aliphatic imine (C=N–C) groups is 1. The zero-order valence-electron chi connectivity index (χ0n) is 15.9. The van der Waals surface area contributed by atoms with E-state index in [0.717, 1.165) is 32.1 Å². The van der Waals surface area contributed by atoms with Crippen LogP contribution in [0.3, 0.4) is 0 Å². The molecule has 138 valence electrons. The van der Waals surface area contributed by atoms with Crippen molar-refractivity contribution in [2.24, 2.45) is 10.4 Å². The quantitative estimate of drug-likeness (QED) is 0.346. The molecule has 0 aliphatic heterocycles. The smallest absolute Gasteiger partial charge is 0.191 e. The first-order valence-corrected chi connectivity index (χ1v) is 8.46. The molecule has 23 heavy (non-hydrogen) atoms. The highest BCUT2D eigenvalue weighted by molar-refractivity contribution is 14.0. The molecule has 0 unspecified atom stereocenters. The number of halogens is 1. The Bertz CT molecular complexity index is 353. The van der Waals surface area contributed by atoms with E-state index in [0.29, 0.717) is 5.41 Å². The summed E-state index contributed by atoms with van der Waals surface area (Å²) in [7, 11) is 7.85. The molecule has 0 aromatic rings. The van der Waals surface area contributed by atoms with Crippen LogP contribution in [0.2, 0.25) is 0 Å². The highest BCUT2D eigenvalue weighted by Crippen LogP contribution is 2.40. The van der Waals surface area contributed by atoms with Gasteiger partial charge in [-0.1, -0.05) is 12.8 Å². The summed E-state index contributed by atoms with van der Waals surface area (Å²) in [6, 6.07) is 0. The Morgan fingerprint density at radius 2 is 1.83 bits per heavy atom. The Kier molecular flexibility index (Phi) is 10.7. The lowest BCUT2D eigenvalue weighted by Crippen LogP contribution is -2.52. The molecule has 1 saturated carbocycles. The third-order valence-corrected chi connectivity index (χ3v) is 5.25. The van der Waals surface area contributed by atoms with Crippen LogP contribution in [-0.4, -0.2) is 64.3 Å². The molecule has 2 N–H and O–H groups in total. The summed E-state index contributed by atoms with van der Waals surface area (Å²) in [6.07, 6.45) is 6.40. The number of methoxy groups -OCH3 is 1. The summed E-state index contributed by atoms with van der Waals surface area (Å²) in [5.41, 5.74) is 0.476. The molecule has 5 nitrogen and oxygen atoms in total. The molecule has 0 amide bonds. The van der Waals surface area contributed by atoms with Crippen molar-refractivity contribution in [2.75, 3.05) is 47.9 Å². The Hall–Kier alpha value is -0.0800. The molecular weight excluding hydrogens is 403 g/mol. The number of nitrogens with zero attached hydrogens (tertiary/aromatic N) is 2. The lowest BCUT2D eigenvalue weighted by molar-refractivity contribution is 0.138. The topological polar surface area (TPSA) is 48.9 Å². The van der Waals surface area contributed by atoms with Crippen LogP contribution in [0, 0.1) is 5.41 Å². The lowest BCUT2D eigenvalue weighted by Gasteiger charge is -2.34. The van der Waals surface area contributed by atoms with Crippen molar-refractivity contribution in [2.45, 2.75) is 51.5 Å². The van der Waals surface area contributed by atoms with Crippen LogP contribution < -0.4 is 10.6 Å². The van der Waals surface area contributed by atoms with Gasteiger partial charge in [-0.3, -0.25) is 4.99 Å². The van der Waals surface area contributed by atoms with Crippen LogP contribution in [0.5, 0.6) is 0 Å². The van der Waals surface area contributed by atoms with Crippen molar-refractivity contribution < 1.29 is 4.74 Å².